The molecule has 8 heteroatoms. The normalized spacial score (nSPS) is 19.2. The van der Waals surface area contributed by atoms with Crippen LogP contribution in [0.1, 0.15) is 19.3 Å². The van der Waals surface area contributed by atoms with E-state index in [1.54, 1.807) is 0 Å². The summed E-state index contributed by atoms with van der Waals surface area (Å²) in [6.45, 7) is 1.33. The lowest BCUT2D eigenvalue weighted by Crippen LogP contribution is -2.11. The largest absolute Gasteiger partial charge is 0.491 e. The Balaban J connectivity index is 2.04. The second-order valence-electron chi connectivity index (χ2n) is 4.43. The van der Waals surface area contributed by atoms with Crippen LogP contribution in [0.15, 0.2) is 26.0 Å². The Kier molecular flexibility index (Phi) is 5.76. The highest BCUT2D eigenvalue weighted by atomic mass is 79.9. The van der Waals surface area contributed by atoms with Gasteiger partial charge in [0.05, 0.1) is 26.6 Å². The predicted molar refractivity (Wildman–Crippen MR) is 84.0 cm³/mol. The molecule has 112 valence electrons. The van der Waals surface area contributed by atoms with Gasteiger partial charge in [-0.25, -0.2) is 8.42 Å². The first-order valence-corrected chi connectivity index (χ1v) is 9.95. The molecule has 0 amide bonds. The van der Waals surface area contributed by atoms with Gasteiger partial charge in [-0.2, -0.15) is 0 Å². The molecule has 1 saturated heterocycles. The molecule has 1 aliphatic heterocycles. The molecule has 0 saturated carbocycles. The fourth-order valence-corrected chi connectivity index (χ4v) is 4.48. The van der Waals surface area contributed by atoms with Crippen LogP contribution in [0.25, 0.3) is 0 Å². The molecule has 1 aromatic carbocycles. The number of hydrogen-bond acceptors (Lipinski definition) is 4. The van der Waals surface area contributed by atoms with Crippen LogP contribution in [-0.2, 0) is 13.8 Å². The minimum atomic E-state index is -3.76. The van der Waals surface area contributed by atoms with E-state index in [4.69, 9.17) is 20.2 Å². The average Bonchev–Trinajstić information content (AvgIpc) is 2.84. The first-order valence-electron chi connectivity index (χ1n) is 6.06. The highest BCUT2D eigenvalue weighted by Crippen LogP contribution is 2.37. The van der Waals surface area contributed by atoms with E-state index in [0.29, 0.717) is 21.3 Å². The van der Waals surface area contributed by atoms with Crippen LogP contribution in [0.2, 0.25) is 0 Å². The number of benzene rings is 1. The van der Waals surface area contributed by atoms with Gasteiger partial charge in [0.1, 0.15) is 5.75 Å². The molecule has 1 atom stereocenters. The molecule has 0 radical (unpaired) electrons. The summed E-state index contributed by atoms with van der Waals surface area (Å²) >= 11 is 6.59. The van der Waals surface area contributed by atoms with Gasteiger partial charge >= 0.3 is 0 Å². The van der Waals surface area contributed by atoms with E-state index in [2.05, 4.69) is 31.9 Å². The van der Waals surface area contributed by atoms with Crippen LogP contribution in [-0.4, -0.2) is 27.7 Å². The van der Waals surface area contributed by atoms with Gasteiger partial charge in [0, 0.05) is 23.7 Å². The maximum atomic E-state index is 11.3. The highest BCUT2D eigenvalue weighted by Gasteiger charge is 2.18. The van der Waals surface area contributed by atoms with Gasteiger partial charge in [0.15, 0.2) is 0 Å². The minimum Gasteiger partial charge on any atom is -0.491 e. The third-order valence-electron chi connectivity index (χ3n) is 2.96. The van der Waals surface area contributed by atoms with E-state index >= 15 is 0 Å². The van der Waals surface area contributed by atoms with Crippen LogP contribution in [0, 0.1) is 0 Å². The second kappa shape index (κ2) is 6.96. The summed E-state index contributed by atoms with van der Waals surface area (Å²) < 4.78 is 34.9. The van der Waals surface area contributed by atoms with Crippen molar-refractivity contribution in [2.45, 2.75) is 30.3 Å². The molecule has 20 heavy (non-hydrogen) atoms. The van der Waals surface area contributed by atoms with Crippen LogP contribution >= 0.6 is 42.5 Å². The van der Waals surface area contributed by atoms with Crippen LogP contribution < -0.4 is 4.74 Å². The van der Waals surface area contributed by atoms with Crippen LogP contribution in [0.3, 0.4) is 0 Å². The fraction of sp³-hybridized carbons (Fsp3) is 0.500. The molecular weight excluding hydrogens is 435 g/mol. The van der Waals surface area contributed by atoms with Crippen molar-refractivity contribution in [1.82, 2.24) is 0 Å². The molecule has 1 aromatic rings. The summed E-state index contributed by atoms with van der Waals surface area (Å²) in [5, 5.41) is 0. The van der Waals surface area contributed by atoms with Gasteiger partial charge in [-0.15, -0.1) is 0 Å². The number of ether oxygens (including phenoxy) is 2. The Morgan fingerprint density at radius 1 is 1.35 bits per heavy atom. The minimum absolute atomic E-state index is 0.0180. The average molecular weight is 449 g/mol. The van der Waals surface area contributed by atoms with E-state index in [9.17, 15) is 8.42 Å². The van der Waals surface area contributed by atoms with Gasteiger partial charge in [0.2, 0.25) is 0 Å². The lowest BCUT2D eigenvalue weighted by atomic mass is 10.2. The second-order valence-corrected chi connectivity index (χ2v) is 8.70. The standard InChI is InChI=1S/C12H13Br2ClO4S/c13-10-6-9(20(15,16)17)7-11(14)12(10)19-5-3-8-2-1-4-18-8/h6-8H,1-5H2. The zero-order chi connectivity index (χ0) is 14.8. The Labute approximate surface area is 139 Å². The summed E-state index contributed by atoms with van der Waals surface area (Å²) in [6.07, 6.45) is 3.24. The maximum absolute atomic E-state index is 11.3. The van der Waals surface area contributed by atoms with Crippen molar-refractivity contribution in [2.75, 3.05) is 13.2 Å². The lowest BCUT2D eigenvalue weighted by Gasteiger charge is -2.13. The van der Waals surface area contributed by atoms with E-state index in [1.165, 1.54) is 12.1 Å². The van der Waals surface area contributed by atoms with Crippen molar-refractivity contribution in [3.63, 3.8) is 0 Å². The van der Waals surface area contributed by atoms with Crippen molar-refractivity contribution in [2.24, 2.45) is 0 Å². The Morgan fingerprint density at radius 3 is 2.50 bits per heavy atom. The SMILES string of the molecule is O=S(=O)(Cl)c1cc(Br)c(OCCC2CCCO2)c(Br)c1. The number of halogens is 3. The van der Waals surface area contributed by atoms with E-state index < -0.39 is 9.05 Å². The zero-order valence-corrected chi connectivity index (χ0v) is 15.2. The third-order valence-corrected chi connectivity index (χ3v) is 5.47. The summed E-state index contributed by atoms with van der Waals surface area (Å²) in [4.78, 5) is 0.0180. The van der Waals surface area contributed by atoms with E-state index in [-0.39, 0.29) is 11.0 Å². The summed E-state index contributed by atoms with van der Waals surface area (Å²) in [5.41, 5.74) is 0. The molecule has 0 aromatic heterocycles. The van der Waals surface area contributed by atoms with Crippen molar-refractivity contribution >= 4 is 51.6 Å². The van der Waals surface area contributed by atoms with Crippen molar-refractivity contribution in [3.8, 4) is 5.75 Å². The molecule has 1 unspecified atom stereocenters. The third kappa shape index (κ3) is 4.34. The quantitative estimate of drug-likeness (QED) is 0.637. The number of hydrogen-bond donors (Lipinski definition) is 0. The van der Waals surface area contributed by atoms with Gasteiger partial charge in [-0.1, -0.05) is 0 Å². The molecule has 0 aliphatic carbocycles. The van der Waals surface area contributed by atoms with Crippen LogP contribution in [0.5, 0.6) is 5.75 Å². The topological polar surface area (TPSA) is 52.6 Å². The molecule has 1 heterocycles. The van der Waals surface area contributed by atoms with Gasteiger partial charge in [0.25, 0.3) is 9.05 Å². The number of rotatable bonds is 5. The fourth-order valence-electron chi connectivity index (χ4n) is 1.98. The summed E-state index contributed by atoms with van der Waals surface area (Å²) in [5.74, 6) is 0.562. The molecule has 0 N–H and O–H groups in total. The summed E-state index contributed by atoms with van der Waals surface area (Å²) in [7, 11) is 1.56. The summed E-state index contributed by atoms with van der Waals surface area (Å²) in [6, 6.07) is 2.85. The molecule has 1 fully saturated rings. The zero-order valence-electron chi connectivity index (χ0n) is 10.4. The molecule has 1 aliphatic rings. The maximum Gasteiger partial charge on any atom is 0.261 e. The van der Waals surface area contributed by atoms with Gasteiger partial charge in [-0.05, 0) is 56.8 Å². The predicted octanol–water partition coefficient (Wildman–Crippen LogP) is 4.09. The van der Waals surface area contributed by atoms with Gasteiger partial charge in [-0.3, -0.25) is 0 Å². The first-order chi connectivity index (χ1) is 9.38. The first kappa shape index (κ1) is 16.5. The monoisotopic (exact) mass is 446 g/mol. The smallest absolute Gasteiger partial charge is 0.261 e. The van der Waals surface area contributed by atoms with Crippen molar-refractivity contribution in [3.05, 3.63) is 21.1 Å². The molecule has 2 rings (SSSR count). The van der Waals surface area contributed by atoms with Crippen molar-refractivity contribution in [1.29, 1.82) is 0 Å². The van der Waals surface area contributed by atoms with Gasteiger partial charge < -0.3 is 9.47 Å². The Hall–Kier alpha value is 0.180. The van der Waals surface area contributed by atoms with Crippen LogP contribution in [0.4, 0.5) is 0 Å². The molecular formula is C12H13Br2ClO4S. The highest BCUT2D eigenvalue weighted by molar-refractivity contribution is 9.11. The molecule has 4 nitrogen and oxygen atoms in total. The Bertz CT molecular complexity index is 562. The van der Waals surface area contributed by atoms with Crippen molar-refractivity contribution < 1.29 is 17.9 Å². The lowest BCUT2D eigenvalue weighted by molar-refractivity contribution is 0.0901. The Morgan fingerprint density at radius 2 is 2.00 bits per heavy atom. The van der Waals surface area contributed by atoms with E-state index in [0.717, 1.165) is 25.9 Å². The molecule has 0 bridgehead atoms. The van der Waals surface area contributed by atoms with E-state index in [1.807, 2.05) is 0 Å². The molecule has 0 spiro atoms.